The number of rotatable bonds is 7. The smallest absolute Gasteiger partial charge is 0.270 e. The van der Waals surface area contributed by atoms with Gasteiger partial charge < -0.3 is 14.8 Å². The number of nitrogens with zero attached hydrogens (tertiary/aromatic N) is 2. The first-order chi connectivity index (χ1) is 15.6. The lowest BCUT2D eigenvalue weighted by Gasteiger charge is -2.12. The van der Waals surface area contributed by atoms with E-state index in [-0.39, 0.29) is 5.91 Å². The number of aromatic nitrogens is 2. The van der Waals surface area contributed by atoms with Crippen LogP contribution in [0.25, 0.3) is 16.8 Å². The van der Waals surface area contributed by atoms with Crippen LogP contribution in [-0.4, -0.2) is 29.7 Å². The van der Waals surface area contributed by atoms with Crippen LogP contribution < -0.4 is 14.8 Å². The second-order valence-corrected chi connectivity index (χ2v) is 7.90. The molecule has 1 amide bonds. The summed E-state index contributed by atoms with van der Waals surface area (Å²) in [6, 6.07) is 21.5. The first-order valence-electron chi connectivity index (χ1n) is 9.97. The molecule has 0 spiro atoms. The summed E-state index contributed by atoms with van der Waals surface area (Å²) in [7, 11) is 3.22. The lowest BCUT2D eigenvalue weighted by Crippen LogP contribution is -2.25. The molecule has 0 fully saturated rings. The van der Waals surface area contributed by atoms with Gasteiger partial charge in [-0.25, -0.2) is 4.98 Å². The Hall–Kier alpha value is -3.58. The Bertz CT molecular complexity index is 1250. The highest BCUT2D eigenvalue weighted by Crippen LogP contribution is 2.33. The highest BCUT2D eigenvalue weighted by molar-refractivity contribution is 9.10. The summed E-state index contributed by atoms with van der Waals surface area (Å²) in [4.78, 5) is 17.1. The van der Waals surface area contributed by atoms with Crippen LogP contribution in [0.1, 0.15) is 16.1 Å². The Morgan fingerprint density at radius 3 is 2.53 bits per heavy atom. The molecule has 0 aliphatic heterocycles. The number of hydrogen-bond donors (Lipinski definition) is 1. The fourth-order valence-corrected chi connectivity index (χ4v) is 3.85. The van der Waals surface area contributed by atoms with Crippen molar-refractivity contribution in [3.63, 3.8) is 0 Å². The average molecular weight is 492 g/mol. The van der Waals surface area contributed by atoms with Gasteiger partial charge in [-0.2, -0.15) is 0 Å². The molecule has 32 heavy (non-hydrogen) atoms. The van der Waals surface area contributed by atoms with Crippen molar-refractivity contribution in [2.75, 3.05) is 14.2 Å². The number of halogens is 1. The van der Waals surface area contributed by atoms with Gasteiger partial charge in [0, 0.05) is 16.7 Å². The Morgan fingerprint density at radius 2 is 1.75 bits per heavy atom. The van der Waals surface area contributed by atoms with E-state index in [0.717, 1.165) is 26.9 Å². The van der Waals surface area contributed by atoms with E-state index < -0.39 is 0 Å². The maximum Gasteiger partial charge on any atom is 0.270 e. The van der Waals surface area contributed by atoms with Gasteiger partial charge in [0.1, 0.15) is 5.69 Å². The number of nitrogens with one attached hydrogen (secondary N) is 1. The highest BCUT2D eigenvalue weighted by Gasteiger charge is 2.14. The van der Waals surface area contributed by atoms with Gasteiger partial charge in [-0.05, 0) is 47.0 Å². The summed E-state index contributed by atoms with van der Waals surface area (Å²) in [5, 5.41) is 2.97. The topological polar surface area (TPSA) is 65.4 Å². The van der Waals surface area contributed by atoms with Crippen molar-refractivity contribution in [2.24, 2.45) is 0 Å². The standard InChI is InChI=1S/C25H22BrN3O3/c1-31-23-11-10-18(13-24(23)32-2)17-7-5-8-20(12-17)29-16-27-15-22(29)25(30)28-14-19-6-3-4-9-21(19)26/h3-13,15-16H,14H2,1-2H3,(H,28,30). The SMILES string of the molecule is COc1ccc(-c2cccc(-n3cncc3C(=O)NCc3ccccc3Br)c2)cc1OC. The summed E-state index contributed by atoms with van der Waals surface area (Å²) in [6.07, 6.45) is 3.21. The molecule has 1 N–H and O–H groups in total. The van der Waals surface area contributed by atoms with Crippen LogP contribution in [0.2, 0.25) is 0 Å². The molecule has 6 nitrogen and oxygen atoms in total. The summed E-state index contributed by atoms with van der Waals surface area (Å²) in [5.74, 6) is 1.13. The molecule has 162 valence electrons. The zero-order valence-electron chi connectivity index (χ0n) is 17.7. The number of imidazole rings is 1. The minimum absolute atomic E-state index is 0.199. The zero-order valence-corrected chi connectivity index (χ0v) is 19.3. The highest BCUT2D eigenvalue weighted by atomic mass is 79.9. The second-order valence-electron chi connectivity index (χ2n) is 7.04. The molecule has 0 aliphatic carbocycles. The molecular weight excluding hydrogens is 470 g/mol. The van der Waals surface area contributed by atoms with E-state index in [1.54, 1.807) is 31.3 Å². The normalized spacial score (nSPS) is 10.6. The van der Waals surface area contributed by atoms with E-state index in [0.29, 0.717) is 23.7 Å². The Labute approximate surface area is 195 Å². The van der Waals surface area contributed by atoms with Crippen LogP contribution in [0.3, 0.4) is 0 Å². The molecule has 1 aromatic heterocycles. The first-order valence-corrected chi connectivity index (χ1v) is 10.8. The van der Waals surface area contributed by atoms with Gasteiger partial charge in [-0.15, -0.1) is 0 Å². The monoisotopic (exact) mass is 491 g/mol. The maximum atomic E-state index is 12.9. The molecule has 1 heterocycles. The molecule has 4 aromatic rings. The summed E-state index contributed by atoms with van der Waals surface area (Å²) in [6.45, 7) is 0.414. The first kappa shape index (κ1) is 21.6. The van der Waals surface area contributed by atoms with Crippen molar-refractivity contribution in [3.05, 3.63) is 95.0 Å². The van der Waals surface area contributed by atoms with Crippen molar-refractivity contribution in [3.8, 4) is 28.3 Å². The van der Waals surface area contributed by atoms with Crippen LogP contribution in [-0.2, 0) is 6.54 Å². The number of carbonyl (C=O) groups excluding carboxylic acids is 1. The second kappa shape index (κ2) is 9.70. The molecule has 0 radical (unpaired) electrons. The van der Waals surface area contributed by atoms with Gasteiger partial charge in [0.2, 0.25) is 0 Å². The molecule has 0 atom stereocenters. The summed E-state index contributed by atoms with van der Waals surface area (Å²) < 4.78 is 13.5. The van der Waals surface area contributed by atoms with E-state index in [1.807, 2.05) is 66.7 Å². The van der Waals surface area contributed by atoms with Crippen LogP contribution >= 0.6 is 15.9 Å². The fraction of sp³-hybridized carbons (Fsp3) is 0.120. The van der Waals surface area contributed by atoms with Gasteiger partial charge in [0.05, 0.1) is 26.7 Å². The lowest BCUT2D eigenvalue weighted by atomic mass is 10.0. The molecule has 0 saturated carbocycles. The third kappa shape index (κ3) is 4.53. The van der Waals surface area contributed by atoms with E-state index in [4.69, 9.17) is 9.47 Å². The van der Waals surface area contributed by atoms with Gasteiger partial charge in [0.25, 0.3) is 5.91 Å². The number of ether oxygens (including phenoxy) is 2. The Kier molecular flexibility index (Phi) is 6.56. The van der Waals surface area contributed by atoms with Gasteiger partial charge in [-0.1, -0.05) is 52.3 Å². The van der Waals surface area contributed by atoms with Crippen LogP contribution in [0, 0.1) is 0 Å². The summed E-state index contributed by atoms with van der Waals surface area (Å²) in [5.41, 5.74) is 4.26. The minimum atomic E-state index is -0.199. The van der Waals surface area contributed by atoms with E-state index in [2.05, 4.69) is 26.2 Å². The number of amides is 1. The Balaban J connectivity index is 1.59. The predicted octanol–water partition coefficient (Wildman–Crippen LogP) is 5.25. The van der Waals surface area contributed by atoms with Gasteiger partial charge in [0.15, 0.2) is 11.5 Å². The zero-order chi connectivity index (χ0) is 22.5. The van der Waals surface area contributed by atoms with Crippen molar-refractivity contribution in [1.29, 1.82) is 0 Å². The van der Waals surface area contributed by atoms with E-state index >= 15 is 0 Å². The quantitative estimate of drug-likeness (QED) is 0.383. The number of methoxy groups -OCH3 is 2. The molecule has 7 heteroatoms. The summed E-state index contributed by atoms with van der Waals surface area (Å²) >= 11 is 3.51. The van der Waals surface area contributed by atoms with Crippen molar-refractivity contribution >= 4 is 21.8 Å². The molecule has 0 bridgehead atoms. The lowest BCUT2D eigenvalue weighted by molar-refractivity contribution is 0.0944. The third-order valence-electron chi connectivity index (χ3n) is 5.11. The Morgan fingerprint density at radius 1 is 0.969 bits per heavy atom. The van der Waals surface area contributed by atoms with E-state index in [1.165, 1.54) is 0 Å². The van der Waals surface area contributed by atoms with Crippen LogP contribution in [0.15, 0.2) is 83.7 Å². The van der Waals surface area contributed by atoms with Crippen LogP contribution in [0.5, 0.6) is 11.5 Å². The number of benzene rings is 3. The minimum Gasteiger partial charge on any atom is -0.493 e. The third-order valence-corrected chi connectivity index (χ3v) is 5.88. The van der Waals surface area contributed by atoms with Crippen molar-refractivity contribution < 1.29 is 14.3 Å². The molecule has 0 aliphatic rings. The number of carbonyl (C=O) groups is 1. The average Bonchev–Trinajstić information content (AvgIpc) is 3.33. The maximum absolute atomic E-state index is 12.9. The fourth-order valence-electron chi connectivity index (χ4n) is 3.43. The largest absolute Gasteiger partial charge is 0.493 e. The van der Waals surface area contributed by atoms with Gasteiger partial charge >= 0.3 is 0 Å². The van der Waals surface area contributed by atoms with Gasteiger partial charge in [-0.3, -0.25) is 9.36 Å². The van der Waals surface area contributed by atoms with E-state index in [9.17, 15) is 4.79 Å². The molecule has 3 aromatic carbocycles. The molecular formula is C25H22BrN3O3. The van der Waals surface area contributed by atoms with Crippen molar-refractivity contribution in [2.45, 2.75) is 6.54 Å². The molecule has 4 rings (SSSR count). The van der Waals surface area contributed by atoms with Crippen LogP contribution in [0.4, 0.5) is 0 Å². The molecule has 0 unspecified atom stereocenters. The predicted molar refractivity (Wildman–Crippen MR) is 127 cm³/mol. The van der Waals surface area contributed by atoms with Crippen molar-refractivity contribution in [1.82, 2.24) is 14.9 Å². The molecule has 0 saturated heterocycles. The number of hydrogen-bond acceptors (Lipinski definition) is 4.